The third-order valence-corrected chi connectivity index (χ3v) is 2.48. The average molecular weight is 274 g/mol. The molecular formula is C14H18N4O2. The Bertz CT molecular complexity index is 520. The van der Waals surface area contributed by atoms with Crippen LogP contribution in [0.15, 0.2) is 24.3 Å². The van der Waals surface area contributed by atoms with Gasteiger partial charge in [0.25, 0.3) is 0 Å². The van der Waals surface area contributed by atoms with Crippen molar-refractivity contribution in [3.05, 3.63) is 29.8 Å². The second-order valence-electron chi connectivity index (χ2n) is 4.57. The topological polar surface area (TPSA) is 85.2 Å². The van der Waals surface area contributed by atoms with Crippen LogP contribution < -0.4 is 10.6 Å². The van der Waals surface area contributed by atoms with Gasteiger partial charge >= 0.3 is 0 Å². The van der Waals surface area contributed by atoms with Crippen molar-refractivity contribution in [1.29, 1.82) is 5.26 Å². The van der Waals surface area contributed by atoms with Gasteiger partial charge in [0.1, 0.15) is 6.42 Å². The molecule has 106 valence electrons. The highest BCUT2D eigenvalue weighted by Gasteiger charge is 2.09. The molecule has 0 heterocycles. The lowest BCUT2D eigenvalue weighted by atomic mass is 10.2. The second kappa shape index (κ2) is 7.92. The minimum Gasteiger partial charge on any atom is -0.354 e. The number of hydrogen-bond acceptors (Lipinski definition) is 4. The summed E-state index contributed by atoms with van der Waals surface area (Å²) in [6, 6.07) is 8.53. The zero-order chi connectivity index (χ0) is 15.0. The molecule has 0 unspecified atom stereocenters. The quantitative estimate of drug-likeness (QED) is 0.742. The molecule has 0 fully saturated rings. The number of nitrogens with zero attached hydrogens (tertiary/aromatic N) is 2. The summed E-state index contributed by atoms with van der Waals surface area (Å²) < 4.78 is 0. The maximum Gasteiger partial charge on any atom is 0.233 e. The average Bonchev–Trinajstić information content (AvgIpc) is 2.38. The van der Waals surface area contributed by atoms with Gasteiger partial charge in [0.2, 0.25) is 11.8 Å². The van der Waals surface area contributed by atoms with Crippen molar-refractivity contribution < 1.29 is 9.59 Å². The SMILES string of the molecule is CN(C)CCNC(=O)CC(=O)Nc1cccc(C#N)c1. The van der Waals surface area contributed by atoms with Crippen molar-refractivity contribution >= 4 is 17.5 Å². The molecule has 0 bridgehead atoms. The number of nitriles is 1. The Hall–Kier alpha value is -2.39. The predicted octanol–water partition coefficient (Wildman–Crippen LogP) is 0.565. The van der Waals surface area contributed by atoms with Crippen LogP contribution in [0.3, 0.4) is 0 Å². The minimum absolute atomic E-state index is 0.232. The molecule has 0 atom stereocenters. The smallest absolute Gasteiger partial charge is 0.233 e. The Balaban J connectivity index is 2.39. The lowest BCUT2D eigenvalue weighted by molar-refractivity contribution is -0.126. The van der Waals surface area contributed by atoms with Crippen LogP contribution in [0.1, 0.15) is 12.0 Å². The van der Waals surface area contributed by atoms with Crippen molar-refractivity contribution in [3.63, 3.8) is 0 Å². The highest BCUT2D eigenvalue weighted by atomic mass is 16.2. The number of likely N-dealkylation sites (N-methyl/N-ethyl adjacent to an activating group) is 1. The Morgan fingerprint density at radius 2 is 2.05 bits per heavy atom. The molecule has 0 aromatic heterocycles. The Labute approximate surface area is 118 Å². The summed E-state index contributed by atoms with van der Waals surface area (Å²) >= 11 is 0. The Morgan fingerprint density at radius 3 is 2.70 bits per heavy atom. The van der Waals surface area contributed by atoms with Gasteiger partial charge in [0.15, 0.2) is 0 Å². The van der Waals surface area contributed by atoms with Gasteiger partial charge < -0.3 is 15.5 Å². The fraction of sp³-hybridized carbons (Fsp3) is 0.357. The first kappa shape index (κ1) is 15.7. The normalized spacial score (nSPS) is 9.90. The largest absolute Gasteiger partial charge is 0.354 e. The maximum absolute atomic E-state index is 11.7. The van der Waals surface area contributed by atoms with Gasteiger partial charge in [-0.05, 0) is 32.3 Å². The monoisotopic (exact) mass is 274 g/mol. The summed E-state index contributed by atoms with van der Waals surface area (Å²) in [5.74, 6) is -0.719. The van der Waals surface area contributed by atoms with Crippen LogP contribution in [-0.2, 0) is 9.59 Å². The molecule has 0 aliphatic carbocycles. The molecular weight excluding hydrogens is 256 g/mol. The molecule has 1 aromatic carbocycles. The van der Waals surface area contributed by atoms with Gasteiger partial charge in [0.05, 0.1) is 11.6 Å². The van der Waals surface area contributed by atoms with Crippen LogP contribution in [0.5, 0.6) is 0 Å². The first-order valence-corrected chi connectivity index (χ1v) is 6.22. The molecule has 0 aliphatic rings. The molecule has 0 saturated heterocycles. The first-order valence-electron chi connectivity index (χ1n) is 6.22. The van der Waals surface area contributed by atoms with Crippen LogP contribution >= 0.6 is 0 Å². The molecule has 6 heteroatoms. The number of anilines is 1. The maximum atomic E-state index is 11.7. The van der Waals surface area contributed by atoms with Crippen LogP contribution in [0.2, 0.25) is 0 Å². The Kier molecular flexibility index (Phi) is 6.20. The van der Waals surface area contributed by atoms with E-state index in [9.17, 15) is 9.59 Å². The van der Waals surface area contributed by atoms with E-state index in [0.29, 0.717) is 17.8 Å². The first-order chi connectivity index (χ1) is 9.51. The molecule has 6 nitrogen and oxygen atoms in total. The van der Waals surface area contributed by atoms with Crippen LogP contribution in [0.4, 0.5) is 5.69 Å². The van der Waals surface area contributed by atoms with E-state index in [1.54, 1.807) is 24.3 Å². The summed E-state index contributed by atoms with van der Waals surface area (Å²) in [5.41, 5.74) is 0.966. The zero-order valence-corrected chi connectivity index (χ0v) is 11.6. The molecule has 20 heavy (non-hydrogen) atoms. The number of carbonyl (C=O) groups is 2. The standard InChI is InChI=1S/C14H18N4O2/c1-18(2)7-6-16-13(19)9-14(20)17-12-5-3-4-11(8-12)10-15/h3-5,8H,6-7,9H2,1-2H3,(H,16,19)(H,17,20). The van der Waals surface area contributed by atoms with Crippen molar-refractivity contribution in [3.8, 4) is 6.07 Å². The molecule has 1 rings (SSSR count). The summed E-state index contributed by atoms with van der Waals surface area (Å²) in [4.78, 5) is 25.1. The van der Waals surface area contributed by atoms with E-state index in [4.69, 9.17) is 5.26 Å². The lowest BCUT2D eigenvalue weighted by Gasteiger charge is -2.10. The summed E-state index contributed by atoms with van der Waals surface area (Å²) in [7, 11) is 3.81. The number of rotatable bonds is 6. The van der Waals surface area contributed by atoms with Gasteiger partial charge in [-0.15, -0.1) is 0 Å². The van der Waals surface area contributed by atoms with Gasteiger partial charge in [-0.2, -0.15) is 5.26 Å². The van der Waals surface area contributed by atoms with Crippen molar-refractivity contribution in [2.75, 3.05) is 32.5 Å². The van der Waals surface area contributed by atoms with Gasteiger partial charge in [-0.25, -0.2) is 0 Å². The fourth-order valence-corrected chi connectivity index (χ4v) is 1.50. The van der Waals surface area contributed by atoms with E-state index in [2.05, 4.69) is 10.6 Å². The molecule has 1 aromatic rings. The molecule has 0 aliphatic heterocycles. The molecule has 0 saturated carbocycles. The van der Waals surface area contributed by atoms with E-state index in [1.807, 2.05) is 25.1 Å². The van der Waals surface area contributed by atoms with E-state index >= 15 is 0 Å². The predicted molar refractivity (Wildman–Crippen MR) is 76.0 cm³/mol. The fourth-order valence-electron chi connectivity index (χ4n) is 1.50. The van der Waals surface area contributed by atoms with Gasteiger partial charge in [-0.1, -0.05) is 6.07 Å². The summed E-state index contributed by atoms with van der Waals surface area (Å²) in [6.07, 6.45) is -0.232. The van der Waals surface area contributed by atoms with Gasteiger partial charge in [-0.3, -0.25) is 9.59 Å². The van der Waals surface area contributed by atoms with Crippen molar-refractivity contribution in [2.24, 2.45) is 0 Å². The number of amides is 2. The highest BCUT2D eigenvalue weighted by Crippen LogP contribution is 2.09. The second-order valence-corrected chi connectivity index (χ2v) is 4.57. The van der Waals surface area contributed by atoms with Crippen molar-refractivity contribution in [1.82, 2.24) is 10.2 Å². The lowest BCUT2D eigenvalue weighted by Crippen LogP contribution is -2.33. The molecule has 2 amide bonds. The number of carbonyl (C=O) groups excluding carboxylic acids is 2. The molecule has 0 radical (unpaired) electrons. The van der Waals surface area contributed by atoms with Crippen LogP contribution in [-0.4, -0.2) is 43.9 Å². The molecule has 0 spiro atoms. The summed E-state index contributed by atoms with van der Waals surface area (Å²) in [6.45, 7) is 1.22. The third kappa shape index (κ3) is 5.98. The number of hydrogen-bond donors (Lipinski definition) is 2. The third-order valence-electron chi connectivity index (χ3n) is 2.48. The van der Waals surface area contributed by atoms with E-state index < -0.39 is 5.91 Å². The molecule has 2 N–H and O–H groups in total. The summed E-state index contributed by atoms with van der Waals surface area (Å²) in [5, 5.41) is 14.0. The van der Waals surface area contributed by atoms with E-state index in [-0.39, 0.29) is 12.3 Å². The number of nitrogens with one attached hydrogen (secondary N) is 2. The van der Waals surface area contributed by atoms with Crippen molar-refractivity contribution in [2.45, 2.75) is 6.42 Å². The van der Waals surface area contributed by atoms with Crippen LogP contribution in [0.25, 0.3) is 0 Å². The van der Waals surface area contributed by atoms with Gasteiger partial charge in [0, 0.05) is 18.8 Å². The number of benzene rings is 1. The minimum atomic E-state index is -0.401. The zero-order valence-electron chi connectivity index (χ0n) is 11.6. The van der Waals surface area contributed by atoms with E-state index in [0.717, 1.165) is 6.54 Å². The van der Waals surface area contributed by atoms with E-state index in [1.165, 1.54) is 0 Å². The Morgan fingerprint density at radius 1 is 1.30 bits per heavy atom. The van der Waals surface area contributed by atoms with Crippen LogP contribution in [0, 0.1) is 11.3 Å². The highest BCUT2D eigenvalue weighted by molar-refractivity contribution is 6.03.